The normalized spacial score (nSPS) is 15.4. The molecule has 1 aromatic carbocycles. The molecule has 0 amide bonds. The Morgan fingerprint density at radius 1 is 1.23 bits per heavy atom. The van der Waals surface area contributed by atoms with E-state index in [4.69, 9.17) is 13.9 Å². The summed E-state index contributed by atoms with van der Waals surface area (Å²) in [6, 6.07) is 8.26. The van der Waals surface area contributed by atoms with Crippen molar-refractivity contribution in [2.24, 2.45) is 0 Å². The Morgan fingerprint density at radius 2 is 2.05 bits per heavy atom. The lowest BCUT2D eigenvalue weighted by Gasteiger charge is -2.14. The average Bonchev–Trinajstić information content (AvgIpc) is 2.79. The lowest BCUT2D eigenvalue weighted by Crippen LogP contribution is -2.17. The number of aryl methyl sites for hydroxylation is 1. The van der Waals surface area contributed by atoms with Crippen molar-refractivity contribution in [3.05, 3.63) is 45.8 Å². The Kier molecular flexibility index (Phi) is 4.74. The van der Waals surface area contributed by atoms with Crippen molar-refractivity contribution in [1.82, 2.24) is 5.32 Å². The van der Waals surface area contributed by atoms with Crippen LogP contribution < -0.4 is 14.8 Å². The molecule has 0 fully saturated rings. The Balaban J connectivity index is 1.70. The van der Waals surface area contributed by atoms with Crippen LogP contribution in [-0.2, 0) is 6.54 Å². The number of halogens is 1. The van der Waals surface area contributed by atoms with Crippen LogP contribution in [0.25, 0.3) is 0 Å². The lowest BCUT2D eigenvalue weighted by molar-refractivity contribution is 0.296. The predicted octanol–water partition coefficient (Wildman–Crippen LogP) is 4.36. The summed E-state index contributed by atoms with van der Waals surface area (Å²) in [6.07, 6.45) is 0.906. The predicted molar refractivity (Wildman–Crippen MR) is 88.4 cm³/mol. The van der Waals surface area contributed by atoms with Gasteiger partial charge in [0.05, 0.1) is 23.7 Å². The highest BCUT2D eigenvalue weighted by Gasteiger charge is 2.16. The molecule has 1 N–H and O–H groups in total. The molecule has 4 nitrogen and oxygen atoms in total. The molecule has 1 atom stereocenters. The molecule has 118 valence electrons. The van der Waals surface area contributed by atoms with Crippen molar-refractivity contribution in [2.75, 3.05) is 13.2 Å². The lowest BCUT2D eigenvalue weighted by atomic mass is 10.1. The molecule has 22 heavy (non-hydrogen) atoms. The Bertz CT molecular complexity index is 653. The molecular weight excluding hydrogens is 346 g/mol. The minimum Gasteiger partial charge on any atom is -0.490 e. The van der Waals surface area contributed by atoms with E-state index in [1.807, 2.05) is 25.1 Å². The van der Waals surface area contributed by atoms with E-state index >= 15 is 0 Å². The van der Waals surface area contributed by atoms with E-state index in [2.05, 4.69) is 34.2 Å². The van der Waals surface area contributed by atoms with Gasteiger partial charge in [0, 0.05) is 13.0 Å². The second-order valence-electron chi connectivity index (χ2n) is 5.51. The third-order valence-corrected chi connectivity index (χ3v) is 4.25. The van der Waals surface area contributed by atoms with Gasteiger partial charge in [-0.15, -0.1) is 0 Å². The third kappa shape index (κ3) is 3.47. The van der Waals surface area contributed by atoms with Gasteiger partial charge in [-0.3, -0.25) is 0 Å². The van der Waals surface area contributed by atoms with Crippen molar-refractivity contribution in [1.29, 1.82) is 0 Å². The summed E-state index contributed by atoms with van der Waals surface area (Å²) in [5.41, 5.74) is 1.14. The van der Waals surface area contributed by atoms with Gasteiger partial charge < -0.3 is 19.2 Å². The first-order chi connectivity index (χ1) is 10.6. The van der Waals surface area contributed by atoms with Crippen molar-refractivity contribution < 1.29 is 13.9 Å². The quantitative estimate of drug-likeness (QED) is 0.873. The summed E-state index contributed by atoms with van der Waals surface area (Å²) in [7, 11) is 0. The Morgan fingerprint density at radius 3 is 2.82 bits per heavy atom. The molecule has 0 saturated heterocycles. The van der Waals surface area contributed by atoms with Crippen LogP contribution in [0.3, 0.4) is 0 Å². The van der Waals surface area contributed by atoms with Gasteiger partial charge in [0.25, 0.3) is 0 Å². The van der Waals surface area contributed by atoms with Gasteiger partial charge in [0.15, 0.2) is 11.5 Å². The van der Waals surface area contributed by atoms with Crippen molar-refractivity contribution >= 4 is 15.9 Å². The standard InChI is InChI=1S/C17H20BrNO3/c1-11-4-5-15(22-11)12(2)19-10-13-8-14(18)17-16(9-13)20-6-3-7-21-17/h4-5,8-9,12,19H,3,6-7,10H2,1-2H3. The van der Waals surface area contributed by atoms with Crippen LogP contribution in [0.1, 0.15) is 36.5 Å². The summed E-state index contributed by atoms with van der Waals surface area (Å²) in [6.45, 7) is 6.17. The van der Waals surface area contributed by atoms with E-state index < -0.39 is 0 Å². The van der Waals surface area contributed by atoms with Gasteiger partial charge >= 0.3 is 0 Å². The molecule has 0 saturated carbocycles. The van der Waals surface area contributed by atoms with Crippen LogP contribution >= 0.6 is 15.9 Å². The summed E-state index contributed by atoms with van der Waals surface area (Å²) >= 11 is 3.57. The van der Waals surface area contributed by atoms with Crippen molar-refractivity contribution in [2.45, 2.75) is 32.9 Å². The zero-order valence-corrected chi connectivity index (χ0v) is 14.4. The summed E-state index contributed by atoms with van der Waals surface area (Å²) in [4.78, 5) is 0. The van der Waals surface area contributed by atoms with E-state index in [0.29, 0.717) is 13.2 Å². The fourth-order valence-corrected chi connectivity index (χ4v) is 3.05. The zero-order valence-electron chi connectivity index (χ0n) is 12.8. The number of hydrogen-bond donors (Lipinski definition) is 1. The number of nitrogens with one attached hydrogen (secondary N) is 1. The molecule has 0 radical (unpaired) electrons. The minimum atomic E-state index is 0.156. The van der Waals surface area contributed by atoms with Gasteiger partial charge in [-0.25, -0.2) is 0 Å². The SMILES string of the molecule is Cc1ccc(C(C)NCc2cc(Br)c3c(c2)OCCCO3)o1. The molecule has 1 unspecified atom stereocenters. The molecular formula is C17H20BrNO3. The molecule has 3 rings (SSSR count). The number of furan rings is 1. The first kappa shape index (κ1) is 15.4. The monoisotopic (exact) mass is 365 g/mol. The highest BCUT2D eigenvalue weighted by Crippen LogP contribution is 2.38. The maximum absolute atomic E-state index is 5.76. The molecule has 0 bridgehead atoms. The van der Waals surface area contributed by atoms with E-state index in [1.54, 1.807) is 0 Å². The van der Waals surface area contributed by atoms with E-state index in [-0.39, 0.29) is 6.04 Å². The van der Waals surface area contributed by atoms with Crippen LogP contribution in [0.4, 0.5) is 0 Å². The molecule has 2 heterocycles. The Hall–Kier alpha value is -1.46. The maximum atomic E-state index is 5.76. The summed E-state index contributed by atoms with van der Waals surface area (Å²) in [5, 5.41) is 3.47. The van der Waals surface area contributed by atoms with Gasteiger partial charge in [-0.2, -0.15) is 0 Å². The van der Waals surface area contributed by atoms with Crippen molar-refractivity contribution in [3.63, 3.8) is 0 Å². The number of rotatable bonds is 4. The largest absolute Gasteiger partial charge is 0.490 e. The number of fused-ring (bicyclic) bond motifs is 1. The van der Waals surface area contributed by atoms with Crippen molar-refractivity contribution in [3.8, 4) is 11.5 Å². The number of benzene rings is 1. The third-order valence-electron chi connectivity index (χ3n) is 3.66. The average molecular weight is 366 g/mol. The smallest absolute Gasteiger partial charge is 0.175 e. The number of hydrogen-bond acceptors (Lipinski definition) is 4. The fourth-order valence-electron chi connectivity index (χ4n) is 2.44. The van der Waals surface area contributed by atoms with E-state index in [0.717, 1.165) is 46.0 Å². The molecule has 1 aliphatic rings. The molecule has 0 aliphatic carbocycles. The zero-order chi connectivity index (χ0) is 15.5. The molecule has 5 heteroatoms. The first-order valence-electron chi connectivity index (χ1n) is 7.51. The summed E-state index contributed by atoms with van der Waals surface area (Å²) < 4.78 is 18.1. The molecule has 1 aromatic heterocycles. The fraction of sp³-hybridized carbons (Fsp3) is 0.412. The Labute approximate surface area is 138 Å². The molecule has 2 aromatic rings. The number of ether oxygens (including phenoxy) is 2. The highest BCUT2D eigenvalue weighted by molar-refractivity contribution is 9.10. The van der Waals surface area contributed by atoms with Crippen LogP contribution in [0.2, 0.25) is 0 Å². The highest BCUT2D eigenvalue weighted by atomic mass is 79.9. The minimum absolute atomic E-state index is 0.156. The van der Waals surface area contributed by atoms with Crippen LogP contribution in [0.5, 0.6) is 11.5 Å². The topological polar surface area (TPSA) is 43.6 Å². The van der Waals surface area contributed by atoms with Gasteiger partial charge in [-0.05, 0) is 59.6 Å². The molecule has 0 spiro atoms. The van der Waals surface area contributed by atoms with Gasteiger partial charge in [0.2, 0.25) is 0 Å². The van der Waals surface area contributed by atoms with E-state index in [1.165, 1.54) is 0 Å². The second-order valence-corrected chi connectivity index (χ2v) is 6.36. The van der Waals surface area contributed by atoms with Gasteiger partial charge in [-0.1, -0.05) is 0 Å². The second kappa shape index (κ2) is 6.75. The molecule has 1 aliphatic heterocycles. The maximum Gasteiger partial charge on any atom is 0.175 e. The van der Waals surface area contributed by atoms with Crippen LogP contribution in [0.15, 0.2) is 33.2 Å². The summed E-state index contributed by atoms with van der Waals surface area (Å²) in [5.74, 6) is 3.49. The first-order valence-corrected chi connectivity index (χ1v) is 8.30. The van der Waals surface area contributed by atoms with Crippen LogP contribution in [0, 0.1) is 6.92 Å². The van der Waals surface area contributed by atoms with Crippen LogP contribution in [-0.4, -0.2) is 13.2 Å². The van der Waals surface area contributed by atoms with E-state index in [9.17, 15) is 0 Å². The van der Waals surface area contributed by atoms with Gasteiger partial charge in [0.1, 0.15) is 11.5 Å².